The van der Waals surface area contributed by atoms with Crippen LogP contribution in [0.25, 0.3) is 0 Å². The van der Waals surface area contributed by atoms with E-state index in [9.17, 15) is 62.5 Å². The topological polar surface area (TPSA) is 161 Å². The van der Waals surface area contributed by atoms with E-state index in [-0.39, 0.29) is 22.0 Å². The Kier molecular flexibility index (Phi) is 7.06. The molecule has 2 aliphatic heterocycles. The normalized spacial score (nSPS) is 26.3. The summed E-state index contributed by atoms with van der Waals surface area (Å²) in [6.07, 6.45) is -12.1. The minimum absolute atomic E-state index is 0.0603. The van der Waals surface area contributed by atoms with Gasteiger partial charge in [0.2, 0.25) is 0 Å². The van der Waals surface area contributed by atoms with Gasteiger partial charge in [-0.1, -0.05) is 12.1 Å². The maximum atomic E-state index is 13.2. The van der Waals surface area contributed by atoms with E-state index >= 15 is 0 Å². The molecule has 2 saturated heterocycles. The monoisotopic (exact) mass is 657 g/mol. The molecule has 3 aliphatic rings. The number of carbonyl (C=O) groups excluding carboxylic acids is 3. The number of nitrogens with zero attached hydrogens (tertiary/aromatic N) is 2. The molecule has 3 fully saturated rings. The molecule has 1 saturated carbocycles. The molecule has 2 aromatic rings. The lowest BCUT2D eigenvalue weighted by Crippen LogP contribution is -2.39. The van der Waals surface area contributed by atoms with Gasteiger partial charge in [-0.05, 0) is 36.4 Å². The number of nitroso groups, excluding NO2 is 1. The van der Waals surface area contributed by atoms with Gasteiger partial charge >= 0.3 is 38.8 Å². The average Bonchev–Trinajstić information content (AvgIpc) is 3.46. The van der Waals surface area contributed by atoms with Crippen molar-refractivity contribution < 1.29 is 70.8 Å². The first-order chi connectivity index (χ1) is 19.7. The number of imide groups is 1. The second-order valence-electron chi connectivity index (χ2n) is 9.69. The van der Waals surface area contributed by atoms with E-state index in [1.165, 1.54) is 0 Å². The van der Waals surface area contributed by atoms with Crippen LogP contribution in [0.1, 0.15) is 11.1 Å². The highest BCUT2D eigenvalue weighted by Crippen LogP contribution is 2.51. The third kappa shape index (κ3) is 5.21. The minimum atomic E-state index is -5.24. The highest BCUT2D eigenvalue weighted by molar-refractivity contribution is 7.87. The van der Waals surface area contributed by atoms with Gasteiger partial charge in [0.15, 0.2) is 12.3 Å². The van der Waals surface area contributed by atoms with Crippen LogP contribution in [0.2, 0.25) is 0 Å². The Morgan fingerprint density at radius 2 is 1.28 bits per heavy atom. The van der Waals surface area contributed by atoms with Gasteiger partial charge in [0, 0.05) is 9.67 Å². The van der Waals surface area contributed by atoms with Gasteiger partial charge in [-0.25, -0.2) is 0 Å². The number of carbonyl (C=O) groups is 3. The van der Waals surface area contributed by atoms with Gasteiger partial charge < -0.3 is 0 Å². The molecular formula is C23H15F6N2O10S2+. The molecule has 2 heterocycles. The van der Waals surface area contributed by atoms with Crippen molar-refractivity contribution in [3.05, 3.63) is 64.6 Å². The number of alkyl halides is 6. The van der Waals surface area contributed by atoms with Gasteiger partial charge in [0.25, 0.3) is 11.8 Å². The molecule has 5 unspecified atom stereocenters. The lowest BCUT2D eigenvalue weighted by atomic mass is 9.90. The number of amides is 2. The van der Waals surface area contributed by atoms with Crippen LogP contribution in [0.4, 0.5) is 26.3 Å². The van der Waals surface area contributed by atoms with Gasteiger partial charge in [-0.3, -0.25) is 14.4 Å². The zero-order valence-corrected chi connectivity index (χ0v) is 22.4. The molecular weight excluding hydrogens is 642 g/mol. The number of hydroxylamine groups is 2. The number of hydrogen-bond donors (Lipinski definition) is 0. The number of halogens is 6. The number of fused-ring (bicyclic) bond motifs is 3. The maximum Gasteiger partial charge on any atom is 0.416 e. The van der Waals surface area contributed by atoms with Crippen molar-refractivity contribution in [2.24, 2.45) is 23.7 Å². The SMILES string of the molecule is O=C1C2C(=O)N(OS(=O)(=O)c3cccc(C(F)(F)F)c3)C(=O)C2C2C[N+](=O)C(OS(=O)(=O)c3cccc(C(F)(F)F)c3)C12. The molecule has 12 nitrogen and oxygen atoms in total. The molecule has 20 heteroatoms. The summed E-state index contributed by atoms with van der Waals surface area (Å²) >= 11 is 0. The molecule has 43 heavy (non-hydrogen) atoms. The lowest BCUT2D eigenvalue weighted by Gasteiger charge is -2.17. The van der Waals surface area contributed by atoms with Crippen LogP contribution in [-0.2, 0) is 55.4 Å². The second-order valence-corrected chi connectivity index (χ2v) is 12.8. The standard InChI is InChI=1S/C23H15F6N2O10S2/c24-22(25,26)10-3-1-5-12(7-10)42(36,37)40-21-16-14(9-30(21)35)15-17(18(16)32)20(34)31(19(15)33)41-43(38,39)13-6-2-4-11(8-13)23(27,28)29/h1-8,14-17,21H,9H2/q+1. The van der Waals surface area contributed by atoms with Crippen LogP contribution in [0.3, 0.4) is 0 Å². The van der Waals surface area contributed by atoms with E-state index in [0.717, 1.165) is 18.2 Å². The summed E-state index contributed by atoms with van der Waals surface area (Å²) < 4.78 is 138. The summed E-state index contributed by atoms with van der Waals surface area (Å²) in [7, 11) is -10.3. The Morgan fingerprint density at radius 1 is 0.767 bits per heavy atom. The lowest BCUT2D eigenvalue weighted by molar-refractivity contribution is -0.603. The number of Topliss-reactive ketones (excluding diaryl/α,β-unsaturated/α-hetero) is 1. The van der Waals surface area contributed by atoms with Gasteiger partial charge in [-0.2, -0.15) is 47.4 Å². The molecule has 0 spiro atoms. The third-order valence-corrected chi connectivity index (χ3v) is 9.61. The highest BCUT2D eigenvalue weighted by atomic mass is 32.2. The van der Waals surface area contributed by atoms with E-state index in [4.69, 9.17) is 4.18 Å². The number of hydrogen-bond acceptors (Lipinski definition) is 10. The van der Waals surface area contributed by atoms with E-state index in [1.807, 2.05) is 0 Å². The maximum absolute atomic E-state index is 13.2. The summed E-state index contributed by atoms with van der Waals surface area (Å²) in [4.78, 5) is 49.8. The van der Waals surface area contributed by atoms with Crippen molar-refractivity contribution in [3.8, 4) is 0 Å². The fourth-order valence-electron chi connectivity index (χ4n) is 5.27. The van der Waals surface area contributed by atoms with Gasteiger partial charge in [0.1, 0.15) is 11.8 Å². The van der Waals surface area contributed by atoms with Crippen LogP contribution >= 0.6 is 0 Å². The van der Waals surface area contributed by atoms with Crippen molar-refractivity contribution in [1.82, 2.24) is 5.06 Å². The summed E-state index contributed by atoms with van der Waals surface area (Å²) in [5, 5.41) is -0.318. The zero-order valence-electron chi connectivity index (χ0n) is 20.8. The van der Waals surface area contributed by atoms with E-state index in [0.29, 0.717) is 18.2 Å². The molecule has 230 valence electrons. The Bertz CT molecular complexity index is 1790. The Hall–Kier alpha value is -3.75. The molecule has 1 aliphatic carbocycles. The largest absolute Gasteiger partial charge is 0.416 e. The summed E-state index contributed by atoms with van der Waals surface area (Å²) in [5.41, 5.74) is -2.75. The van der Waals surface area contributed by atoms with Crippen molar-refractivity contribution in [2.75, 3.05) is 6.54 Å². The molecule has 0 bridgehead atoms. The first kappa shape index (κ1) is 30.7. The second kappa shape index (κ2) is 9.89. The van der Waals surface area contributed by atoms with Crippen LogP contribution in [0, 0.1) is 28.6 Å². The Morgan fingerprint density at radius 3 is 1.79 bits per heavy atom. The van der Waals surface area contributed by atoms with Crippen molar-refractivity contribution in [3.63, 3.8) is 0 Å². The van der Waals surface area contributed by atoms with Crippen molar-refractivity contribution >= 4 is 37.8 Å². The smallest absolute Gasteiger partial charge is 0.298 e. The first-order valence-electron chi connectivity index (χ1n) is 11.8. The first-order valence-corrected chi connectivity index (χ1v) is 14.6. The van der Waals surface area contributed by atoms with Crippen LogP contribution in [-0.4, -0.2) is 57.0 Å². The predicted molar refractivity (Wildman–Crippen MR) is 123 cm³/mol. The average molecular weight is 657 g/mol. The van der Waals surface area contributed by atoms with E-state index in [2.05, 4.69) is 4.28 Å². The summed E-state index contributed by atoms with van der Waals surface area (Å²) in [5.74, 6) is -11.1. The van der Waals surface area contributed by atoms with E-state index < -0.39 is 108 Å². The van der Waals surface area contributed by atoms with Crippen LogP contribution in [0.15, 0.2) is 58.3 Å². The van der Waals surface area contributed by atoms with Crippen LogP contribution < -0.4 is 0 Å². The van der Waals surface area contributed by atoms with Gasteiger partial charge in [0.05, 0.1) is 32.8 Å². The Labute approximate surface area is 236 Å². The fourth-order valence-corrected chi connectivity index (χ4v) is 7.32. The van der Waals surface area contributed by atoms with Crippen molar-refractivity contribution in [1.29, 1.82) is 0 Å². The molecule has 0 aromatic heterocycles. The van der Waals surface area contributed by atoms with Crippen LogP contribution in [0.5, 0.6) is 0 Å². The van der Waals surface area contributed by atoms with Crippen molar-refractivity contribution in [2.45, 2.75) is 28.4 Å². The molecule has 5 atom stereocenters. The molecule has 5 rings (SSSR count). The molecule has 0 radical (unpaired) electrons. The quantitative estimate of drug-likeness (QED) is 0.148. The van der Waals surface area contributed by atoms with E-state index in [1.54, 1.807) is 0 Å². The molecule has 2 aromatic carbocycles. The predicted octanol–water partition coefficient (Wildman–Crippen LogP) is 2.28. The number of rotatable bonds is 6. The fraction of sp³-hybridized carbons (Fsp3) is 0.348. The number of benzene rings is 2. The minimum Gasteiger partial charge on any atom is -0.298 e. The summed E-state index contributed by atoms with van der Waals surface area (Å²) in [6, 6.07) is 4.46. The number of ketones is 1. The summed E-state index contributed by atoms with van der Waals surface area (Å²) in [6.45, 7) is -0.784. The van der Waals surface area contributed by atoms with Gasteiger partial charge in [-0.15, -0.1) is 9.35 Å². The molecule has 0 N–H and O–H groups in total. The third-order valence-electron chi connectivity index (χ3n) is 7.15. The Balaban J connectivity index is 1.38. The molecule has 2 amide bonds. The zero-order chi connectivity index (χ0) is 31.9. The highest BCUT2D eigenvalue weighted by Gasteiger charge is 2.73.